The SMILES string of the molecule is CCCOC1CCCN(C(=O)C(C)(N)CCC)CC1.Cl. The number of likely N-dealkylation sites (tertiary alicyclic amines) is 1. The minimum Gasteiger partial charge on any atom is -0.378 e. The molecule has 1 aliphatic heterocycles. The molecule has 0 aliphatic carbocycles. The lowest BCUT2D eigenvalue weighted by Crippen LogP contribution is -2.53. The highest BCUT2D eigenvalue weighted by atomic mass is 35.5. The van der Waals surface area contributed by atoms with E-state index in [4.69, 9.17) is 10.5 Å². The topological polar surface area (TPSA) is 55.6 Å². The molecule has 2 atom stereocenters. The summed E-state index contributed by atoms with van der Waals surface area (Å²) in [7, 11) is 0. The number of ether oxygens (including phenoxy) is 1. The average Bonchev–Trinajstić information content (AvgIpc) is 2.60. The molecule has 0 radical (unpaired) electrons. The van der Waals surface area contributed by atoms with Crippen LogP contribution in [0, 0.1) is 0 Å². The Labute approximate surface area is 129 Å². The molecule has 0 aromatic rings. The summed E-state index contributed by atoms with van der Waals surface area (Å²) in [4.78, 5) is 14.4. The van der Waals surface area contributed by atoms with Crippen LogP contribution in [0.5, 0.6) is 0 Å². The van der Waals surface area contributed by atoms with Crippen molar-refractivity contribution in [2.24, 2.45) is 5.73 Å². The molecule has 5 heteroatoms. The van der Waals surface area contributed by atoms with Crippen molar-refractivity contribution >= 4 is 18.3 Å². The molecule has 1 aliphatic rings. The van der Waals surface area contributed by atoms with Gasteiger partial charge >= 0.3 is 0 Å². The van der Waals surface area contributed by atoms with Gasteiger partial charge in [-0.1, -0.05) is 20.3 Å². The molecule has 120 valence electrons. The Morgan fingerprint density at radius 3 is 2.60 bits per heavy atom. The second-order valence-corrected chi connectivity index (χ2v) is 5.88. The van der Waals surface area contributed by atoms with Crippen LogP contribution in [-0.4, -0.2) is 42.1 Å². The van der Waals surface area contributed by atoms with Gasteiger partial charge in [-0.3, -0.25) is 4.79 Å². The van der Waals surface area contributed by atoms with Crippen LogP contribution in [0.2, 0.25) is 0 Å². The first kappa shape index (κ1) is 19.7. The Bertz CT molecular complexity index is 285. The second kappa shape index (κ2) is 9.59. The average molecular weight is 307 g/mol. The van der Waals surface area contributed by atoms with E-state index >= 15 is 0 Å². The minimum absolute atomic E-state index is 0. The Morgan fingerprint density at radius 1 is 1.30 bits per heavy atom. The predicted octanol–water partition coefficient (Wildman–Crippen LogP) is 2.73. The first-order valence-corrected chi connectivity index (χ1v) is 7.71. The molecule has 0 bridgehead atoms. The van der Waals surface area contributed by atoms with Gasteiger partial charge in [-0.15, -0.1) is 12.4 Å². The van der Waals surface area contributed by atoms with Gasteiger partial charge in [0.05, 0.1) is 11.6 Å². The van der Waals surface area contributed by atoms with Gasteiger partial charge in [0.15, 0.2) is 0 Å². The highest BCUT2D eigenvalue weighted by Crippen LogP contribution is 2.19. The summed E-state index contributed by atoms with van der Waals surface area (Å²) in [6, 6.07) is 0. The van der Waals surface area contributed by atoms with Crippen molar-refractivity contribution < 1.29 is 9.53 Å². The van der Waals surface area contributed by atoms with E-state index in [2.05, 4.69) is 13.8 Å². The van der Waals surface area contributed by atoms with Gasteiger partial charge < -0.3 is 15.4 Å². The molecule has 2 N–H and O–H groups in total. The van der Waals surface area contributed by atoms with Crippen LogP contribution < -0.4 is 5.73 Å². The zero-order valence-electron chi connectivity index (χ0n) is 13.2. The zero-order valence-corrected chi connectivity index (χ0v) is 14.0. The van der Waals surface area contributed by atoms with Gasteiger partial charge in [-0.25, -0.2) is 0 Å². The van der Waals surface area contributed by atoms with Crippen LogP contribution in [0.1, 0.15) is 59.3 Å². The van der Waals surface area contributed by atoms with Gasteiger partial charge in [0, 0.05) is 19.7 Å². The molecule has 20 heavy (non-hydrogen) atoms. The summed E-state index contributed by atoms with van der Waals surface area (Å²) in [6.45, 7) is 8.47. The van der Waals surface area contributed by atoms with E-state index in [1.165, 1.54) is 0 Å². The number of amides is 1. The van der Waals surface area contributed by atoms with E-state index in [0.29, 0.717) is 6.10 Å². The third-order valence-corrected chi connectivity index (χ3v) is 3.78. The van der Waals surface area contributed by atoms with Crippen molar-refractivity contribution in [1.82, 2.24) is 4.90 Å². The number of carbonyl (C=O) groups is 1. The maximum atomic E-state index is 12.4. The standard InChI is InChI=1S/C15H30N2O2.ClH/c1-4-9-15(3,16)14(18)17-10-6-7-13(8-11-17)19-12-5-2;/h13H,4-12,16H2,1-3H3;1H. The summed E-state index contributed by atoms with van der Waals surface area (Å²) in [5, 5.41) is 0. The van der Waals surface area contributed by atoms with E-state index < -0.39 is 5.54 Å². The molecular weight excluding hydrogens is 276 g/mol. The molecule has 0 aromatic carbocycles. The Balaban J connectivity index is 0.00000361. The molecule has 4 nitrogen and oxygen atoms in total. The number of nitrogens with two attached hydrogens (primary N) is 1. The monoisotopic (exact) mass is 306 g/mol. The molecule has 1 fully saturated rings. The third-order valence-electron chi connectivity index (χ3n) is 3.78. The van der Waals surface area contributed by atoms with Crippen molar-refractivity contribution in [1.29, 1.82) is 0 Å². The zero-order chi connectivity index (χ0) is 14.3. The quantitative estimate of drug-likeness (QED) is 0.821. The Morgan fingerprint density at radius 2 is 2.00 bits per heavy atom. The molecule has 2 unspecified atom stereocenters. The fourth-order valence-corrected chi connectivity index (χ4v) is 2.71. The van der Waals surface area contributed by atoms with Crippen molar-refractivity contribution in [3.8, 4) is 0 Å². The van der Waals surface area contributed by atoms with Crippen LogP contribution in [0.15, 0.2) is 0 Å². The number of halogens is 1. The van der Waals surface area contributed by atoms with Crippen molar-refractivity contribution in [2.45, 2.75) is 70.9 Å². The lowest BCUT2D eigenvalue weighted by atomic mass is 9.95. The fourth-order valence-electron chi connectivity index (χ4n) is 2.71. The lowest BCUT2D eigenvalue weighted by molar-refractivity contribution is -0.136. The second-order valence-electron chi connectivity index (χ2n) is 5.88. The van der Waals surface area contributed by atoms with Crippen LogP contribution in [0.3, 0.4) is 0 Å². The number of carbonyl (C=O) groups excluding carboxylic acids is 1. The van der Waals surface area contributed by atoms with Crippen LogP contribution in [0.25, 0.3) is 0 Å². The number of hydrogen-bond donors (Lipinski definition) is 1. The van der Waals surface area contributed by atoms with Gasteiger partial charge in [0.1, 0.15) is 0 Å². The highest BCUT2D eigenvalue weighted by Gasteiger charge is 2.32. The summed E-state index contributed by atoms with van der Waals surface area (Å²) in [6.07, 6.45) is 6.06. The van der Waals surface area contributed by atoms with E-state index in [-0.39, 0.29) is 18.3 Å². The molecule has 1 heterocycles. The van der Waals surface area contributed by atoms with E-state index in [1.54, 1.807) is 0 Å². The number of rotatable bonds is 6. The number of nitrogens with zero attached hydrogens (tertiary/aromatic N) is 1. The third kappa shape index (κ3) is 5.98. The molecule has 0 aromatic heterocycles. The Kier molecular flexibility index (Phi) is 9.43. The van der Waals surface area contributed by atoms with Gasteiger partial charge in [0.2, 0.25) is 5.91 Å². The van der Waals surface area contributed by atoms with E-state index in [0.717, 1.165) is 58.2 Å². The highest BCUT2D eigenvalue weighted by molar-refractivity contribution is 5.85. The van der Waals surface area contributed by atoms with Gasteiger partial charge in [-0.05, 0) is 39.0 Å². The summed E-state index contributed by atoms with van der Waals surface area (Å²) in [5.74, 6) is 0.102. The molecule has 1 rings (SSSR count). The first-order chi connectivity index (χ1) is 9.01. The summed E-state index contributed by atoms with van der Waals surface area (Å²) >= 11 is 0. The van der Waals surface area contributed by atoms with Crippen LogP contribution in [-0.2, 0) is 9.53 Å². The molecular formula is C15H31ClN2O2. The summed E-state index contributed by atoms with van der Waals surface area (Å²) in [5.41, 5.74) is 5.44. The first-order valence-electron chi connectivity index (χ1n) is 7.71. The van der Waals surface area contributed by atoms with Gasteiger partial charge in [0.25, 0.3) is 0 Å². The summed E-state index contributed by atoms with van der Waals surface area (Å²) < 4.78 is 5.80. The maximum Gasteiger partial charge on any atom is 0.242 e. The molecule has 0 saturated carbocycles. The lowest BCUT2D eigenvalue weighted by Gasteiger charge is -2.31. The minimum atomic E-state index is -0.709. The normalized spacial score (nSPS) is 22.6. The largest absolute Gasteiger partial charge is 0.378 e. The molecule has 1 amide bonds. The van der Waals surface area contributed by atoms with E-state index in [1.807, 2.05) is 11.8 Å². The molecule has 0 spiro atoms. The van der Waals surface area contributed by atoms with Gasteiger partial charge in [-0.2, -0.15) is 0 Å². The van der Waals surface area contributed by atoms with E-state index in [9.17, 15) is 4.79 Å². The van der Waals surface area contributed by atoms with Crippen molar-refractivity contribution in [3.05, 3.63) is 0 Å². The van der Waals surface area contributed by atoms with Crippen LogP contribution >= 0.6 is 12.4 Å². The van der Waals surface area contributed by atoms with Crippen molar-refractivity contribution in [3.63, 3.8) is 0 Å². The Hall–Kier alpha value is -0.320. The maximum absolute atomic E-state index is 12.4. The van der Waals surface area contributed by atoms with Crippen LogP contribution in [0.4, 0.5) is 0 Å². The van der Waals surface area contributed by atoms with Crippen molar-refractivity contribution in [2.75, 3.05) is 19.7 Å². The molecule has 1 saturated heterocycles. The predicted molar refractivity (Wildman–Crippen MR) is 85.2 cm³/mol. The smallest absolute Gasteiger partial charge is 0.242 e. The fraction of sp³-hybridized carbons (Fsp3) is 0.933. The number of hydrogen-bond acceptors (Lipinski definition) is 3.